The molecule has 0 aliphatic carbocycles. The van der Waals surface area contributed by atoms with Crippen molar-refractivity contribution in [1.82, 2.24) is 10.5 Å². The van der Waals surface area contributed by atoms with Gasteiger partial charge in [-0.2, -0.15) is 0 Å². The van der Waals surface area contributed by atoms with Crippen molar-refractivity contribution in [2.45, 2.75) is 19.4 Å². The van der Waals surface area contributed by atoms with Crippen LogP contribution in [0.15, 0.2) is 28.8 Å². The monoisotopic (exact) mass is 347 g/mol. The molecule has 9 nitrogen and oxygen atoms in total. The van der Waals surface area contributed by atoms with E-state index < -0.39 is 17.4 Å². The van der Waals surface area contributed by atoms with Crippen molar-refractivity contribution in [2.75, 3.05) is 18.7 Å². The first-order valence-electron chi connectivity index (χ1n) is 7.50. The smallest absolute Gasteiger partial charge is 0.314 e. The Bertz CT molecular complexity index is 814. The zero-order valence-electron chi connectivity index (χ0n) is 13.7. The molecule has 132 valence electrons. The maximum atomic E-state index is 11.9. The third kappa shape index (κ3) is 3.72. The third-order valence-corrected chi connectivity index (χ3v) is 3.66. The maximum absolute atomic E-state index is 11.9. The largest absolute Gasteiger partial charge is 0.454 e. The van der Waals surface area contributed by atoms with Crippen LogP contribution in [0.2, 0.25) is 0 Å². The highest BCUT2D eigenvalue weighted by atomic mass is 16.7. The van der Waals surface area contributed by atoms with E-state index in [0.717, 1.165) is 0 Å². The van der Waals surface area contributed by atoms with Crippen molar-refractivity contribution in [2.24, 2.45) is 0 Å². The molecule has 3 rings (SSSR count). The van der Waals surface area contributed by atoms with E-state index in [1.165, 1.54) is 13.0 Å². The Labute approximate surface area is 142 Å². The summed E-state index contributed by atoms with van der Waals surface area (Å²) in [5.41, 5.74) is -0.883. The molecule has 1 aliphatic heterocycles. The summed E-state index contributed by atoms with van der Waals surface area (Å²) in [6.45, 7) is 3.13. The highest BCUT2D eigenvalue weighted by Crippen LogP contribution is 2.35. The summed E-state index contributed by atoms with van der Waals surface area (Å²) in [5.74, 6) is -0.0628. The Kier molecular flexibility index (Phi) is 4.32. The van der Waals surface area contributed by atoms with Gasteiger partial charge in [0.15, 0.2) is 17.3 Å². The van der Waals surface area contributed by atoms with Crippen molar-refractivity contribution < 1.29 is 28.7 Å². The summed E-state index contributed by atoms with van der Waals surface area (Å²) in [4.78, 5) is 23.7. The molecule has 1 aromatic heterocycles. The minimum Gasteiger partial charge on any atom is -0.454 e. The number of nitrogens with one attached hydrogen (secondary N) is 2. The van der Waals surface area contributed by atoms with Crippen LogP contribution >= 0.6 is 0 Å². The molecule has 0 saturated carbocycles. The highest BCUT2D eigenvalue weighted by Gasteiger charge is 2.28. The Morgan fingerprint density at radius 2 is 2.00 bits per heavy atom. The second kappa shape index (κ2) is 6.44. The molecule has 0 spiro atoms. The van der Waals surface area contributed by atoms with Gasteiger partial charge in [0.2, 0.25) is 6.79 Å². The molecular formula is C16H17N3O6. The molecule has 0 bridgehead atoms. The second-order valence-corrected chi connectivity index (χ2v) is 5.80. The predicted octanol–water partition coefficient (Wildman–Crippen LogP) is 0.674. The first-order chi connectivity index (χ1) is 11.8. The molecule has 1 unspecified atom stereocenters. The van der Waals surface area contributed by atoms with Crippen molar-refractivity contribution in [3.8, 4) is 11.5 Å². The second-order valence-electron chi connectivity index (χ2n) is 5.80. The number of rotatable bonds is 4. The molecule has 1 aromatic carbocycles. The number of hydrogen-bond donors (Lipinski definition) is 3. The van der Waals surface area contributed by atoms with E-state index in [4.69, 9.17) is 14.0 Å². The number of carbonyl (C=O) groups excluding carboxylic acids is 2. The number of hydrogen-bond acceptors (Lipinski definition) is 7. The van der Waals surface area contributed by atoms with Crippen molar-refractivity contribution in [3.63, 3.8) is 0 Å². The molecule has 2 amide bonds. The van der Waals surface area contributed by atoms with Crippen molar-refractivity contribution in [3.05, 3.63) is 35.6 Å². The molecule has 9 heteroatoms. The van der Waals surface area contributed by atoms with Crippen LogP contribution in [0.25, 0.3) is 0 Å². The lowest BCUT2D eigenvalue weighted by atomic mass is 9.95. The average Bonchev–Trinajstić information content (AvgIpc) is 3.20. The van der Waals surface area contributed by atoms with Gasteiger partial charge in [0.05, 0.1) is 6.54 Å². The SMILES string of the molecule is Cc1cc(NC(=O)C(=O)NCC(C)(O)c2ccc3c(c2)OCO3)no1. The van der Waals surface area contributed by atoms with E-state index in [9.17, 15) is 14.7 Å². The maximum Gasteiger partial charge on any atom is 0.314 e. The zero-order valence-corrected chi connectivity index (χ0v) is 13.7. The molecule has 0 saturated heterocycles. The van der Waals surface area contributed by atoms with Crippen molar-refractivity contribution >= 4 is 17.6 Å². The first kappa shape index (κ1) is 16.8. The Hall–Kier alpha value is -3.07. The van der Waals surface area contributed by atoms with Gasteiger partial charge in [-0.15, -0.1) is 0 Å². The minimum atomic E-state index is -1.40. The van der Waals surface area contributed by atoms with E-state index in [1.807, 2.05) is 0 Å². The molecule has 3 N–H and O–H groups in total. The van der Waals surface area contributed by atoms with Crippen LogP contribution in [0.4, 0.5) is 5.82 Å². The van der Waals surface area contributed by atoms with Crippen LogP contribution in [0.5, 0.6) is 11.5 Å². The van der Waals surface area contributed by atoms with Crippen LogP contribution in [0.1, 0.15) is 18.2 Å². The molecular weight excluding hydrogens is 330 g/mol. The van der Waals surface area contributed by atoms with Gasteiger partial charge in [0.25, 0.3) is 0 Å². The number of fused-ring (bicyclic) bond motifs is 1. The van der Waals surface area contributed by atoms with Crippen LogP contribution in [0.3, 0.4) is 0 Å². The molecule has 2 heterocycles. The lowest BCUT2D eigenvalue weighted by molar-refractivity contribution is -0.136. The molecule has 25 heavy (non-hydrogen) atoms. The normalized spacial score (nSPS) is 14.7. The Morgan fingerprint density at radius 3 is 2.72 bits per heavy atom. The Morgan fingerprint density at radius 1 is 1.24 bits per heavy atom. The van der Waals surface area contributed by atoms with Gasteiger partial charge < -0.3 is 24.4 Å². The van der Waals surface area contributed by atoms with Crippen LogP contribution in [0, 0.1) is 6.92 Å². The van der Waals surface area contributed by atoms with Gasteiger partial charge in [0.1, 0.15) is 11.4 Å². The summed E-state index contributed by atoms with van der Waals surface area (Å²) >= 11 is 0. The average molecular weight is 347 g/mol. The highest BCUT2D eigenvalue weighted by molar-refractivity contribution is 6.39. The molecule has 0 fully saturated rings. The number of ether oxygens (including phenoxy) is 2. The Balaban J connectivity index is 1.59. The third-order valence-electron chi connectivity index (χ3n) is 3.66. The van der Waals surface area contributed by atoms with E-state index >= 15 is 0 Å². The fourth-order valence-corrected chi connectivity index (χ4v) is 2.26. The summed E-state index contributed by atoms with van der Waals surface area (Å²) in [7, 11) is 0. The van der Waals surface area contributed by atoms with Gasteiger partial charge in [-0.25, -0.2) is 0 Å². The summed E-state index contributed by atoms with van der Waals surface area (Å²) in [6, 6.07) is 6.45. The van der Waals surface area contributed by atoms with Crippen LogP contribution in [-0.4, -0.2) is 35.4 Å². The van der Waals surface area contributed by atoms with Gasteiger partial charge in [-0.3, -0.25) is 14.9 Å². The van der Waals surface area contributed by atoms with E-state index in [2.05, 4.69) is 15.8 Å². The van der Waals surface area contributed by atoms with Gasteiger partial charge in [-0.1, -0.05) is 11.2 Å². The lowest BCUT2D eigenvalue weighted by Gasteiger charge is -2.24. The van der Waals surface area contributed by atoms with Gasteiger partial charge in [-0.05, 0) is 31.5 Å². The zero-order chi connectivity index (χ0) is 18.0. The first-order valence-corrected chi connectivity index (χ1v) is 7.50. The number of aliphatic hydroxyl groups is 1. The minimum absolute atomic E-state index is 0.124. The van der Waals surface area contributed by atoms with E-state index in [0.29, 0.717) is 22.8 Å². The predicted molar refractivity (Wildman–Crippen MR) is 85.0 cm³/mol. The number of aryl methyl sites for hydroxylation is 1. The molecule has 2 aromatic rings. The standard InChI is InChI=1S/C16H17N3O6/c1-9-5-13(19-25-9)18-15(21)14(20)17-7-16(2,22)10-3-4-11-12(6-10)24-8-23-11/h3-6,22H,7-8H2,1-2H3,(H,17,20)(H,18,19,21). The molecule has 1 atom stereocenters. The lowest BCUT2D eigenvalue weighted by Crippen LogP contribution is -2.43. The number of anilines is 1. The number of carbonyl (C=O) groups is 2. The summed E-state index contributed by atoms with van der Waals surface area (Å²) < 4.78 is 15.3. The fourth-order valence-electron chi connectivity index (χ4n) is 2.26. The van der Waals surface area contributed by atoms with Gasteiger partial charge >= 0.3 is 11.8 Å². The number of benzene rings is 1. The number of amides is 2. The molecule has 1 aliphatic rings. The molecule has 0 radical (unpaired) electrons. The van der Waals surface area contributed by atoms with E-state index in [-0.39, 0.29) is 19.2 Å². The quantitative estimate of drug-likeness (QED) is 0.695. The van der Waals surface area contributed by atoms with E-state index in [1.54, 1.807) is 25.1 Å². The fraction of sp³-hybridized carbons (Fsp3) is 0.312. The van der Waals surface area contributed by atoms with Gasteiger partial charge in [0, 0.05) is 6.07 Å². The topological polar surface area (TPSA) is 123 Å². The van der Waals surface area contributed by atoms with Crippen molar-refractivity contribution in [1.29, 1.82) is 0 Å². The summed E-state index contributed by atoms with van der Waals surface area (Å²) in [5, 5.41) is 18.8. The number of nitrogens with zero attached hydrogens (tertiary/aromatic N) is 1. The summed E-state index contributed by atoms with van der Waals surface area (Å²) in [6.07, 6.45) is 0. The van der Waals surface area contributed by atoms with Crippen LogP contribution < -0.4 is 20.1 Å². The van der Waals surface area contributed by atoms with Crippen LogP contribution in [-0.2, 0) is 15.2 Å². The number of aromatic nitrogens is 1.